The van der Waals surface area contributed by atoms with Gasteiger partial charge < -0.3 is 24.8 Å². The molecule has 1 heterocycles. The van der Waals surface area contributed by atoms with Gasteiger partial charge in [0.15, 0.2) is 17.5 Å². The van der Waals surface area contributed by atoms with Crippen LogP contribution in [0.2, 0.25) is 0 Å². The van der Waals surface area contributed by atoms with E-state index in [1.807, 2.05) is 18.2 Å². The molecule has 26 heavy (non-hydrogen) atoms. The molecular formula is C20H31N3O3. The molecule has 2 fully saturated rings. The lowest BCUT2D eigenvalue weighted by atomic mass is 9.68. The van der Waals surface area contributed by atoms with Gasteiger partial charge in [-0.15, -0.1) is 0 Å². The molecular weight excluding hydrogens is 330 g/mol. The van der Waals surface area contributed by atoms with Crippen LogP contribution in [0.25, 0.3) is 0 Å². The molecule has 1 aromatic rings. The predicted octanol–water partition coefficient (Wildman–Crippen LogP) is 2.41. The summed E-state index contributed by atoms with van der Waals surface area (Å²) in [6, 6.07) is 5.84. The van der Waals surface area contributed by atoms with Crippen LogP contribution in [0.5, 0.6) is 11.5 Å². The number of benzene rings is 1. The number of aliphatic hydroxyl groups excluding tert-OH is 1. The van der Waals surface area contributed by atoms with Crippen LogP contribution >= 0.6 is 0 Å². The largest absolute Gasteiger partial charge is 0.493 e. The third-order valence-corrected chi connectivity index (χ3v) is 5.48. The third kappa shape index (κ3) is 4.23. The zero-order valence-electron chi connectivity index (χ0n) is 16.0. The number of ether oxygens (including phenoxy) is 2. The summed E-state index contributed by atoms with van der Waals surface area (Å²) in [6.07, 6.45) is 5.42. The highest BCUT2D eigenvalue weighted by atomic mass is 16.5. The van der Waals surface area contributed by atoms with Gasteiger partial charge in [-0.1, -0.05) is 12.5 Å². The fourth-order valence-corrected chi connectivity index (χ4v) is 3.88. The Morgan fingerprint density at radius 2 is 2.15 bits per heavy atom. The number of nitrogens with one attached hydrogen (secondary N) is 1. The molecule has 6 heteroatoms. The topological polar surface area (TPSA) is 66.3 Å². The third-order valence-electron chi connectivity index (χ3n) is 5.48. The number of aliphatic imine (C=N–C) groups is 1. The standard InChI is InChI=1S/C20H31N3O3/c1-3-21-19(23-10-9-20(15-23)7-4-8-20)22-14-16-5-6-17(26-12-11-24)18(13-16)25-2/h5-6,13,24H,3-4,7-12,14-15H2,1-2H3,(H,21,22). The summed E-state index contributed by atoms with van der Waals surface area (Å²) in [6.45, 7) is 6.07. The Bertz CT molecular complexity index is 629. The molecule has 0 amide bonds. The van der Waals surface area contributed by atoms with E-state index in [9.17, 15) is 0 Å². The molecule has 1 saturated carbocycles. The van der Waals surface area contributed by atoms with E-state index >= 15 is 0 Å². The molecule has 3 rings (SSSR count). The van der Waals surface area contributed by atoms with Crippen molar-refractivity contribution in [3.63, 3.8) is 0 Å². The second kappa shape index (κ2) is 8.62. The van der Waals surface area contributed by atoms with Gasteiger partial charge in [0.2, 0.25) is 0 Å². The molecule has 1 spiro atoms. The number of nitrogens with zero attached hydrogens (tertiary/aromatic N) is 2. The van der Waals surface area contributed by atoms with Gasteiger partial charge in [0.1, 0.15) is 6.61 Å². The van der Waals surface area contributed by atoms with Crippen LogP contribution in [-0.4, -0.2) is 55.9 Å². The van der Waals surface area contributed by atoms with Gasteiger partial charge in [-0.3, -0.25) is 0 Å². The number of methoxy groups -OCH3 is 1. The molecule has 1 saturated heterocycles. The van der Waals surface area contributed by atoms with Crippen molar-refractivity contribution in [2.75, 3.05) is 40.0 Å². The van der Waals surface area contributed by atoms with Crippen LogP contribution in [0.3, 0.4) is 0 Å². The minimum absolute atomic E-state index is 0.0153. The maximum atomic E-state index is 8.91. The molecule has 2 aliphatic rings. The fourth-order valence-electron chi connectivity index (χ4n) is 3.88. The summed E-state index contributed by atoms with van der Waals surface area (Å²) in [5, 5.41) is 12.3. The highest BCUT2D eigenvalue weighted by molar-refractivity contribution is 5.80. The first-order valence-electron chi connectivity index (χ1n) is 9.63. The maximum Gasteiger partial charge on any atom is 0.194 e. The first-order valence-corrected chi connectivity index (χ1v) is 9.63. The monoisotopic (exact) mass is 361 g/mol. The average Bonchev–Trinajstić information content (AvgIpc) is 3.09. The molecule has 0 unspecified atom stereocenters. The van der Waals surface area contributed by atoms with Crippen molar-refractivity contribution < 1.29 is 14.6 Å². The maximum absolute atomic E-state index is 8.91. The molecule has 0 atom stereocenters. The lowest BCUT2D eigenvalue weighted by Gasteiger charge is -2.38. The molecule has 0 radical (unpaired) electrons. The van der Waals surface area contributed by atoms with Crippen molar-refractivity contribution in [1.29, 1.82) is 0 Å². The highest BCUT2D eigenvalue weighted by Gasteiger charge is 2.43. The Morgan fingerprint density at radius 3 is 2.77 bits per heavy atom. The van der Waals surface area contributed by atoms with Crippen molar-refractivity contribution in [3.8, 4) is 11.5 Å². The summed E-state index contributed by atoms with van der Waals surface area (Å²) in [5.41, 5.74) is 1.64. The second-order valence-corrected chi connectivity index (χ2v) is 7.25. The van der Waals surface area contributed by atoms with Crippen LogP contribution in [0, 0.1) is 5.41 Å². The number of rotatable bonds is 7. The van der Waals surface area contributed by atoms with E-state index in [0.29, 0.717) is 23.5 Å². The molecule has 144 valence electrons. The van der Waals surface area contributed by atoms with E-state index in [-0.39, 0.29) is 13.2 Å². The summed E-state index contributed by atoms with van der Waals surface area (Å²) >= 11 is 0. The SMILES string of the molecule is CCNC(=NCc1ccc(OCCO)c(OC)c1)N1CCC2(CCC2)C1. The summed E-state index contributed by atoms with van der Waals surface area (Å²) in [7, 11) is 1.63. The van der Waals surface area contributed by atoms with Gasteiger partial charge in [0.25, 0.3) is 0 Å². The van der Waals surface area contributed by atoms with E-state index in [2.05, 4.69) is 17.1 Å². The summed E-state index contributed by atoms with van der Waals surface area (Å²) in [4.78, 5) is 7.27. The van der Waals surface area contributed by atoms with Crippen LogP contribution in [0.15, 0.2) is 23.2 Å². The van der Waals surface area contributed by atoms with Gasteiger partial charge in [-0.2, -0.15) is 0 Å². The van der Waals surface area contributed by atoms with Crippen LogP contribution in [-0.2, 0) is 6.54 Å². The molecule has 0 aromatic heterocycles. The van der Waals surface area contributed by atoms with Gasteiger partial charge in [-0.05, 0) is 49.3 Å². The minimum atomic E-state index is -0.0153. The van der Waals surface area contributed by atoms with Gasteiger partial charge in [-0.25, -0.2) is 4.99 Å². The zero-order valence-corrected chi connectivity index (χ0v) is 16.0. The van der Waals surface area contributed by atoms with E-state index in [1.165, 1.54) is 25.7 Å². The minimum Gasteiger partial charge on any atom is -0.493 e. The Labute approximate surface area is 156 Å². The van der Waals surface area contributed by atoms with Crippen LogP contribution < -0.4 is 14.8 Å². The first kappa shape index (κ1) is 18.8. The predicted molar refractivity (Wildman–Crippen MR) is 103 cm³/mol. The van der Waals surface area contributed by atoms with Gasteiger partial charge >= 0.3 is 0 Å². The zero-order chi connectivity index (χ0) is 18.4. The molecule has 0 bridgehead atoms. The average molecular weight is 361 g/mol. The normalized spacial score (nSPS) is 18.7. The lowest BCUT2D eigenvalue weighted by molar-refractivity contribution is 0.151. The van der Waals surface area contributed by atoms with Crippen molar-refractivity contribution in [2.45, 2.75) is 39.2 Å². The van der Waals surface area contributed by atoms with Crippen molar-refractivity contribution in [3.05, 3.63) is 23.8 Å². The molecule has 2 N–H and O–H groups in total. The number of hydrogen-bond donors (Lipinski definition) is 2. The van der Waals surface area contributed by atoms with E-state index in [4.69, 9.17) is 19.6 Å². The molecule has 1 aromatic carbocycles. The Balaban J connectivity index is 1.67. The van der Waals surface area contributed by atoms with E-state index < -0.39 is 0 Å². The quantitative estimate of drug-likeness (QED) is 0.577. The van der Waals surface area contributed by atoms with Crippen LogP contribution in [0.4, 0.5) is 0 Å². The Kier molecular flexibility index (Phi) is 6.25. The smallest absolute Gasteiger partial charge is 0.194 e. The van der Waals surface area contributed by atoms with Gasteiger partial charge in [0, 0.05) is 19.6 Å². The highest BCUT2D eigenvalue weighted by Crippen LogP contribution is 2.47. The summed E-state index contributed by atoms with van der Waals surface area (Å²) < 4.78 is 10.9. The Hall–Kier alpha value is -1.95. The second-order valence-electron chi connectivity index (χ2n) is 7.25. The first-order chi connectivity index (χ1) is 12.7. The van der Waals surface area contributed by atoms with Crippen molar-refractivity contribution in [2.24, 2.45) is 10.4 Å². The molecule has 6 nitrogen and oxygen atoms in total. The van der Waals surface area contributed by atoms with Crippen molar-refractivity contribution in [1.82, 2.24) is 10.2 Å². The number of hydrogen-bond acceptors (Lipinski definition) is 4. The van der Waals surface area contributed by atoms with Crippen molar-refractivity contribution >= 4 is 5.96 Å². The number of likely N-dealkylation sites (tertiary alicyclic amines) is 1. The molecule has 1 aliphatic carbocycles. The van der Waals surface area contributed by atoms with E-state index in [0.717, 1.165) is 31.2 Å². The summed E-state index contributed by atoms with van der Waals surface area (Å²) in [5.74, 6) is 2.33. The van der Waals surface area contributed by atoms with Crippen LogP contribution in [0.1, 0.15) is 38.2 Å². The van der Waals surface area contributed by atoms with Gasteiger partial charge in [0.05, 0.1) is 20.3 Å². The molecule has 1 aliphatic heterocycles. The number of aliphatic hydroxyl groups is 1. The lowest BCUT2D eigenvalue weighted by Crippen LogP contribution is -2.42. The Morgan fingerprint density at radius 1 is 1.31 bits per heavy atom. The van der Waals surface area contributed by atoms with E-state index in [1.54, 1.807) is 7.11 Å². The number of guanidine groups is 1. The fraction of sp³-hybridized carbons (Fsp3) is 0.650.